The predicted molar refractivity (Wildman–Crippen MR) is 115 cm³/mol. The fraction of sp³-hybridized carbons (Fsp3) is 0.286. The van der Waals surface area contributed by atoms with Gasteiger partial charge in [-0.3, -0.25) is 4.79 Å². The summed E-state index contributed by atoms with van der Waals surface area (Å²) in [5.74, 6) is 1.14. The first-order chi connectivity index (χ1) is 14.4. The predicted octanol–water partition coefficient (Wildman–Crippen LogP) is 2.31. The van der Waals surface area contributed by atoms with Gasteiger partial charge in [-0.15, -0.1) is 0 Å². The third-order valence-electron chi connectivity index (χ3n) is 4.11. The number of ether oxygens (including phenoxy) is 3. The van der Waals surface area contributed by atoms with Crippen molar-refractivity contribution < 1.29 is 27.4 Å². The molecular formula is C21H26N2O6S. The quantitative estimate of drug-likeness (QED) is 0.563. The van der Waals surface area contributed by atoms with Gasteiger partial charge in [-0.05, 0) is 29.3 Å². The molecule has 9 heteroatoms. The molecule has 0 aliphatic heterocycles. The second-order valence-electron chi connectivity index (χ2n) is 6.21. The molecule has 2 rings (SSSR count). The summed E-state index contributed by atoms with van der Waals surface area (Å²) in [6.45, 7) is 0.221. The number of amides is 1. The van der Waals surface area contributed by atoms with E-state index in [0.717, 1.165) is 16.5 Å². The minimum Gasteiger partial charge on any atom is -0.493 e. The topological polar surface area (TPSA) is 103 Å². The van der Waals surface area contributed by atoms with Gasteiger partial charge >= 0.3 is 0 Å². The number of carbonyl (C=O) groups is 1. The molecule has 8 nitrogen and oxygen atoms in total. The number of nitrogens with one attached hydrogen (secondary N) is 2. The molecule has 162 valence electrons. The van der Waals surface area contributed by atoms with Crippen LogP contribution < -0.4 is 24.2 Å². The Balaban J connectivity index is 1.84. The molecule has 0 bridgehead atoms. The molecule has 2 aromatic rings. The van der Waals surface area contributed by atoms with Gasteiger partial charge in [0, 0.05) is 24.9 Å². The van der Waals surface area contributed by atoms with Crippen molar-refractivity contribution in [2.45, 2.75) is 13.0 Å². The van der Waals surface area contributed by atoms with E-state index in [0.29, 0.717) is 17.2 Å². The first kappa shape index (κ1) is 23.2. The third kappa shape index (κ3) is 7.09. The van der Waals surface area contributed by atoms with E-state index in [1.54, 1.807) is 24.3 Å². The fourth-order valence-electron chi connectivity index (χ4n) is 2.61. The minimum absolute atomic E-state index is 0.00281. The van der Waals surface area contributed by atoms with E-state index in [9.17, 15) is 13.2 Å². The summed E-state index contributed by atoms with van der Waals surface area (Å²) in [6.07, 6.45) is 1.50. The lowest BCUT2D eigenvalue weighted by Gasteiger charge is -2.14. The second-order valence-corrected chi connectivity index (χ2v) is 7.86. The van der Waals surface area contributed by atoms with Crippen LogP contribution in [0.5, 0.6) is 17.2 Å². The van der Waals surface area contributed by atoms with Crippen molar-refractivity contribution in [2.75, 3.05) is 27.9 Å². The van der Waals surface area contributed by atoms with Crippen LogP contribution in [-0.4, -0.2) is 42.2 Å². The lowest BCUT2D eigenvalue weighted by molar-refractivity contribution is -0.121. The van der Waals surface area contributed by atoms with Crippen molar-refractivity contribution in [3.05, 3.63) is 59.0 Å². The molecule has 0 radical (unpaired) electrons. The molecule has 30 heavy (non-hydrogen) atoms. The normalized spacial score (nSPS) is 11.3. The molecule has 0 unspecified atom stereocenters. The molecule has 2 N–H and O–H groups in total. The van der Waals surface area contributed by atoms with Crippen molar-refractivity contribution in [1.82, 2.24) is 10.0 Å². The van der Waals surface area contributed by atoms with Gasteiger partial charge in [0.1, 0.15) is 0 Å². The zero-order chi connectivity index (χ0) is 22.0. The molecule has 0 atom stereocenters. The van der Waals surface area contributed by atoms with E-state index in [4.69, 9.17) is 14.2 Å². The Morgan fingerprint density at radius 3 is 2.20 bits per heavy atom. The maximum absolute atomic E-state index is 12.1. The van der Waals surface area contributed by atoms with Gasteiger partial charge in [0.25, 0.3) is 0 Å². The summed E-state index contributed by atoms with van der Waals surface area (Å²) >= 11 is 0. The molecule has 2 aromatic carbocycles. The van der Waals surface area contributed by atoms with Crippen LogP contribution in [-0.2, 0) is 21.4 Å². The standard InChI is InChI=1S/C21H26N2O6S/c1-27-18-13-17(14-19(28-2)21(18)29-3)15-22-20(24)9-11-23-30(25,26)12-10-16-7-5-4-6-8-16/h4-8,10,12-14,23H,9,11,15H2,1-3H3,(H,22,24)/b12-10+. The van der Waals surface area contributed by atoms with Crippen molar-refractivity contribution >= 4 is 22.0 Å². The van der Waals surface area contributed by atoms with Gasteiger partial charge in [0.15, 0.2) is 11.5 Å². The number of hydrogen-bond acceptors (Lipinski definition) is 6. The Labute approximate surface area is 176 Å². The fourth-order valence-corrected chi connectivity index (χ4v) is 3.43. The molecule has 0 aliphatic carbocycles. The van der Waals surface area contributed by atoms with Crippen LogP contribution in [0.3, 0.4) is 0 Å². The summed E-state index contributed by atoms with van der Waals surface area (Å²) in [6, 6.07) is 12.5. The number of sulfonamides is 1. The Morgan fingerprint density at radius 2 is 1.63 bits per heavy atom. The Hall–Kier alpha value is -3.04. The second kappa shape index (κ2) is 11.2. The first-order valence-corrected chi connectivity index (χ1v) is 10.7. The number of hydrogen-bond donors (Lipinski definition) is 2. The Bertz CT molecular complexity index is 949. The lowest BCUT2D eigenvalue weighted by atomic mass is 10.1. The van der Waals surface area contributed by atoms with E-state index in [1.807, 2.05) is 18.2 Å². The summed E-state index contributed by atoms with van der Waals surface area (Å²) < 4.78 is 42.2. The molecule has 1 amide bonds. The third-order valence-corrected chi connectivity index (χ3v) is 5.21. The maximum Gasteiger partial charge on any atom is 0.233 e. The van der Waals surface area contributed by atoms with E-state index >= 15 is 0 Å². The van der Waals surface area contributed by atoms with Crippen LogP contribution in [0.25, 0.3) is 6.08 Å². The monoisotopic (exact) mass is 434 g/mol. The van der Waals surface area contributed by atoms with Crippen LogP contribution in [0.2, 0.25) is 0 Å². The SMILES string of the molecule is COc1cc(CNC(=O)CCNS(=O)(=O)/C=C/c2ccccc2)cc(OC)c1OC. The van der Waals surface area contributed by atoms with Crippen molar-refractivity contribution in [1.29, 1.82) is 0 Å². The van der Waals surface area contributed by atoms with Gasteiger partial charge in [0.05, 0.1) is 21.3 Å². The summed E-state index contributed by atoms with van der Waals surface area (Å²) in [4.78, 5) is 12.1. The number of carbonyl (C=O) groups excluding carboxylic acids is 1. The van der Waals surface area contributed by atoms with Gasteiger partial charge in [0.2, 0.25) is 21.7 Å². The number of benzene rings is 2. The average molecular weight is 435 g/mol. The first-order valence-electron chi connectivity index (χ1n) is 9.17. The van der Waals surface area contributed by atoms with Crippen LogP contribution in [0.4, 0.5) is 0 Å². The minimum atomic E-state index is -3.63. The van der Waals surface area contributed by atoms with Crippen LogP contribution in [0.15, 0.2) is 47.9 Å². The van der Waals surface area contributed by atoms with E-state index in [2.05, 4.69) is 10.0 Å². The van der Waals surface area contributed by atoms with Crippen LogP contribution in [0, 0.1) is 0 Å². The van der Waals surface area contributed by atoms with Crippen LogP contribution >= 0.6 is 0 Å². The molecular weight excluding hydrogens is 408 g/mol. The summed E-state index contributed by atoms with van der Waals surface area (Å²) in [5, 5.41) is 3.82. The highest BCUT2D eigenvalue weighted by Gasteiger charge is 2.14. The molecule has 0 aliphatic rings. The van der Waals surface area contributed by atoms with Crippen molar-refractivity contribution in [2.24, 2.45) is 0 Å². The van der Waals surface area contributed by atoms with E-state index in [1.165, 1.54) is 27.4 Å². The maximum atomic E-state index is 12.1. The Kier molecular flexibility index (Phi) is 8.70. The highest BCUT2D eigenvalue weighted by molar-refractivity contribution is 7.92. The molecule has 0 spiro atoms. The molecule has 0 saturated carbocycles. The number of methoxy groups -OCH3 is 3. The molecule has 0 heterocycles. The highest BCUT2D eigenvalue weighted by atomic mass is 32.2. The number of rotatable bonds is 11. The van der Waals surface area contributed by atoms with E-state index in [-0.39, 0.29) is 25.4 Å². The molecule has 0 fully saturated rings. The van der Waals surface area contributed by atoms with Crippen molar-refractivity contribution in [3.8, 4) is 17.2 Å². The van der Waals surface area contributed by atoms with Gasteiger partial charge < -0.3 is 19.5 Å². The largest absolute Gasteiger partial charge is 0.493 e. The molecule has 0 aromatic heterocycles. The van der Waals surface area contributed by atoms with Crippen molar-refractivity contribution in [3.63, 3.8) is 0 Å². The van der Waals surface area contributed by atoms with Gasteiger partial charge in [-0.2, -0.15) is 0 Å². The van der Waals surface area contributed by atoms with Crippen LogP contribution in [0.1, 0.15) is 17.5 Å². The summed E-state index contributed by atoms with van der Waals surface area (Å²) in [7, 11) is 0.910. The molecule has 0 saturated heterocycles. The lowest BCUT2D eigenvalue weighted by Crippen LogP contribution is -2.29. The smallest absolute Gasteiger partial charge is 0.233 e. The van der Waals surface area contributed by atoms with E-state index < -0.39 is 10.0 Å². The average Bonchev–Trinajstić information content (AvgIpc) is 2.76. The summed E-state index contributed by atoms with van der Waals surface area (Å²) in [5.41, 5.74) is 1.52. The Morgan fingerprint density at radius 1 is 1.00 bits per heavy atom. The zero-order valence-corrected chi connectivity index (χ0v) is 18.0. The highest BCUT2D eigenvalue weighted by Crippen LogP contribution is 2.38. The van der Waals surface area contributed by atoms with Gasteiger partial charge in [-0.25, -0.2) is 13.1 Å². The zero-order valence-electron chi connectivity index (χ0n) is 17.2. The van der Waals surface area contributed by atoms with Gasteiger partial charge in [-0.1, -0.05) is 30.3 Å².